The molecule has 1 aromatic carbocycles. The highest BCUT2D eigenvalue weighted by Crippen LogP contribution is 2.28. The standard InChI is InChI=1S/C13H19ClN2/c1-10(15)13(16-8-2-3-9-16)11-4-6-12(14)7-5-11/h4-7,10,13H,2-3,8-9,15H2,1H3. The Morgan fingerprint density at radius 2 is 1.75 bits per heavy atom. The molecule has 2 N–H and O–H groups in total. The Kier molecular flexibility index (Phi) is 3.85. The highest BCUT2D eigenvalue weighted by atomic mass is 35.5. The van der Waals surface area contributed by atoms with Crippen LogP contribution in [-0.4, -0.2) is 24.0 Å². The molecule has 0 saturated carbocycles. The van der Waals surface area contributed by atoms with E-state index in [9.17, 15) is 0 Å². The topological polar surface area (TPSA) is 29.3 Å². The summed E-state index contributed by atoms with van der Waals surface area (Å²) in [6.07, 6.45) is 2.58. The van der Waals surface area contributed by atoms with Crippen molar-refractivity contribution in [1.82, 2.24) is 4.90 Å². The van der Waals surface area contributed by atoms with E-state index in [1.54, 1.807) is 0 Å². The van der Waals surface area contributed by atoms with Crippen molar-refractivity contribution in [3.63, 3.8) is 0 Å². The zero-order valence-corrected chi connectivity index (χ0v) is 10.5. The molecule has 0 bridgehead atoms. The van der Waals surface area contributed by atoms with Gasteiger partial charge in [0.25, 0.3) is 0 Å². The van der Waals surface area contributed by atoms with E-state index < -0.39 is 0 Å². The van der Waals surface area contributed by atoms with Crippen LogP contribution in [0.25, 0.3) is 0 Å². The summed E-state index contributed by atoms with van der Waals surface area (Å²) in [7, 11) is 0. The van der Waals surface area contributed by atoms with Crippen LogP contribution in [0, 0.1) is 0 Å². The second kappa shape index (κ2) is 5.17. The molecule has 1 fully saturated rings. The van der Waals surface area contributed by atoms with Gasteiger partial charge in [-0.05, 0) is 50.6 Å². The summed E-state index contributed by atoms with van der Waals surface area (Å²) in [5.74, 6) is 0. The quantitative estimate of drug-likeness (QED) is 0.878. The molecule has 1 saturated heterocycles. The predicted molar refractivity (Wildman–Crippen MR) is 68.6 cm³/mol. The second-order valence-corrected chi connectivity index (χ2v) is 5.04. The van der Waals surface area contributed by atoms with E-state index in [1.165, 1.54) is 18.4 Å². The largest absolute Gasteiger partial charge is 0.326 e. The molecule has 0 amide bonds. The summed E-state index contributed by atoms with van der Waals surface area (Å²) in [4.78, 5) is 2.48. The smallest absolute Gasteiger partial charge is 0.0496 e. The molecule has 0 spiro atoms. The summed E-state index contributed by atoms with van der Waals surface area (Å²) in [5, 5.41) is 0.786. The predicted octanol–water partition coefficient (Wildman–Crippen LogP) is 2.82. The molecular formula is C13H19ClN2. The first-order chi connectivity index (χ1) is 7.68. The van der Waals surface area contributed by atoms with Gasteiger partial charge in [0.2, 0.25) is 0 Å². The van der Waals surface area contributed by atoms with Crippen molar-refractivity contribution in [2.24, 2.45) is 5.73 Å². The number of hydrogen-bond donors (Lipinski definition) is 1. The number of rotatable bonds is 3. The lowest BCUT2D eigenvalue weighted by Crippen LogP contribution is -2.37. The van der Waals surface area contributed by atoms with Crippen LogP contribution in [0.5, 0.6) is 0 Å². The van der Waals surface area contributed by atoms with Crippen molar-refractivity contribution in [3.05, 3.63) is 34.9 Å². The molecule has 1 aromatic rings. The first-order valence-electron chi connectivity index (χ1n) is 5.93. The van der Waals surface area contributed by atoms with E-state index in [-0.39, 0.29) is 6.04 Å². The lowest BCUT2D eigenvalue weighted by molar-refractivity contribution is 0.219. The fourth-order valence-electron chi connectivity index (χ4n) is 2.53. The summed E-state index contributed by atoms with van der Waals surface area (Å²) in [5.41, 5.74) is 7.39. The molecule has 0 aromatic heterocycles. The van der Waals surface area contributed by atoms with Gasteiger partial charge in [0, 0.05) is 17.1 Å². The van der Waals surface area contributed by atoms with E-state index in [4.69, 9.17) is 17.3 Å². The van der Waals surface area contributed by atoms with Gasteiger partial charge in [0.1, 0.15) is 0 Å². The molecule has 2 nitrogen and oxygen atoms in total. The first-order valence-corrected chi connectivity index (χ1v) is 6.31. The van der Waals surface area contributed by atoms with Gasteiger partial charge in [-0.25, -0.2) is 0 Å². The highest BCUT2D eigenvalue weighted by Gasteiger charge is 2.26. The third-order valence-corrected chi connectivity index (χ3v) is 3.50. The van der Waals surface area contributed by atoms with Gasteiger partial charge in [0.15, 0.2) is 0 Å². The summed E-state index contributed by atoms with van der Waals surface area (Å²) >= 11 is 5.91. The first kappa shape index (κ1) is 11.9. The molecule has 0 radical (unpaired) electrons. The Morgan fingerprint density at radius 1 is 1.19 bits per heavy atom. The minimum atomic E-state index is 0.152. The maximum atomic E-state index is 6.11. The number of benzene rings is 1. The monoisotopic (exact) mass is 238 g/mol. The molecule has 0 aliphatic carbocycles. The van der Waals surface area contributed by atoms with Gasteiger partial charge in [-0.3, -0.25) is 4.90 Å². The molecular weight excluding hydrogens is 220 g/mol. The van der Waals surface area contributed by atoms with Crippen LogP contribution in [0.4, 0.5) is 0 Å². The van der Waals surface area contributed by atoms with Crippen molar-refractivity contribution in [2.45, 2.75) is 31.8 Å². The van der Waals surface area contributed by atoms with Gasteiger partial charge in [-0.2, -0.15) is 0 Å². The zero-order chi connectivity index (χ0) is 11.5. The Labute approximate surface area is 102 Å². The fourth-order valence-corrected chi connectivity index (χ4v) is 2.65. The number of halogens is 1. The molecule has 1 heterocycles. The average molecular weight is 239 g/mol. The molecule has 88 valence electrons. The van der Waals surface area contributed by atoms with E-state index in [2.05, 4.69) is 24.0 Å². The minimum absolute atomic E-state index is 0.152. The summed E-state index contributed by atoms with van der Waals surface area (Å²) in [6.45, 7) is 4.40. The summed E-state index contributed by atoms with van der Waals surface area (Å²) in [6, 6.07) is 8.56. The van der Waals surface area contributed by atoms with Gasteiger partial charge < -0.3 is 5.73 Å². The van der Waals surface area contributed by atoms with E-state index >= 15 is 0 Å². The van der Waals surface area contributed by atoms with Crippen molar-refractivity contribution < 1.29 is 0 Å². The maximum absolute atomic E-state index is 6.11. The van der Waals surface area contributed by atoms with Crippen LogP contribution < -0.4 is 5.73 Å². The average Bonchev–Trinajstić information content (AvgIpc) is 2.74. The van der Waals surface area contributed by atoms with Gasteiger partial charge in [0.05, 0.1) is 0 Å². The molecule has 2 atom stereocenters. The van der Waals surface area contributed by atoms with Crippen LogP contribution in [-0.2, 0) is 0 Å². The maximum Gasteiger partial charge on any atom is 0.0496 e. The molecule has 1 aliphatic heterocycles. The summed E-state index contributed by atoms with van der Waals surface area (Å²) < 4.78 is 0. The van der Waals surface area contributed by atoms with Crippen molar-refractivity contribution in [3.8, 4) is 0 Å². The van der Waals surface area contributed by atoms with Crippen LogP contribution in [0.3, 0.4) is 0 Å². The van der Waals surface area contributed by atoms with Gasteiger partial charge in [-0.15, -0.1) is 0 Å². The molecule has 2 rings (SSSR count). The fraction of sp³-hybridized carbons (Fsp3) is 0.538. The Balaban J connectivity index is 2.21. The molecule has 1 aliphatic rings. The number of hydrogen-bond acceptors (Lipinski definition) is 2. The van der Waals surface area contributed by atoms with E-state index in [0.717, 1.165) is 18.1 Å². The van der Waals surface area contributed by atoms with Gasteiger partial charge >= 0.3 is 0 Å². The SMILES string of the molecule is CC(N)C(c1ccc(Cl)cc1)N1CCCC1. The zero-order valence-electron chi connectivity index (χ0n) is 9.70. The van der Waals surface area contributed by atoms with E-state index in [0.29, 0.717) is 6.04 Å². The van der Waals surface area contributed by atoms with E-state index in [1.807, 2.05) is 12.1 Å². The highest BCUT2D eigenvalue weighted by molar-refractivity contribution is 6.30. The van der Waals surface area contributed by atoms with Crippen molar-refractivity contribution in [1.29, 1.82) is 0 Å². The normalized spacial score (nSPS) is 20.9. The third-order valence-electron chi connectivity index (χ3n) is 3.24. The third kappa shape index (κ3) is 2.57. The van der Waals surface area contributed by atoms with Crippen LogP contribution >= 0.6 is 11.6 Å². The lowest BCUT2D eigenvalue weighted by Gasteiger charge is -2.31. The Hall–Kier alpha value is -0.570. The van der Waals surface area contributed by atoms with Crippen LogP contribution in [0.1, 0.15) is 31.4 Å². The number of nitrogens with zero attached hydrogens (tertiary/aromatic N) is 1. The molecule has 16 heavy (non-hydrogen) atoms. The Bertz CT molecular complexity index is 328. The number of likely N-dealkylation sites (tertiary alicyclic amines) is 1. The number of nitrogens with two attached hydrogens (primary N) is 1. The van der Waals surface area contributed by atoms with Crippen LogP contribution in [0.2, 0.25) is 5.02 Å². The lowest BCUT2D eigenvalue weighted by atomic mass is 10.00. The molecule has 3 heteroatoms. The van der Waals surface area contributed by atoms with Crippen molar-refractivity contribution >= 4 is 11.6 Å². The minimum Gasteiger partial charge on any atom is -0.326 e. The van der Waals surface area contributed by atoms with Gasteiger partial charge in [-0.1, -0.05) is 23.7 Å². The van der Waals surface area contributed by atoms with Crippen molar-refractivity contribution in [2.75, 3.05) is 13.1 Å². The second-order valence-electron chi connectivity index (χ2n) is 4.60. The van der Waals surface area contributed by atoms with Crippen LogP contribution in [0.15, 0.2) is 24.3 Å². The Morgan fingerprint density at radius 3 is 2.25 bits per heavy atom. The molecule has 2 unspecified atom stereocenters.